The number of hydrogen-bond acceptors (Lipinski definition) is 6. The van der Waals surface area contributed by atoms with E-state index in [1.165, 1.54) is 0 Å². The summed E-state index contributed by atoms with van der Waals surface area (Å²) in [6.45, 7) is 6.84. The molecule has 7 nitrogen and oxygen atoms in total. The van der Waals surface area contributed by atoms with Crippen LogP contribution < -0.4 is 10.5 Å². The average molecular weight is 332 g/mol. The molecule has 122 valence electrons. The molecule has 0 amide bonds. The Morgan fingerprint density at radius 3 is 2.83 bits per heavy atom. The van der Waals surface area contributed by atoms with Crippen LogP contribution in [0, 0.1) is 0 Å². The van der Waals surface area contributed by atoms with Gasteiger partial charge in [0.2, 0.25) is 5.95 Å². The van der Waals surface area contributed by atoms with Crippen molar-refractivity contribution >= 4 is 28.3 Å². The zero-order valence-electron chi connectivity index (χ0n) is 13.7. The number of aromatic amines is 1. The van der Waals surface area contributed by atoms with E-state index in [1.54, 1.807) is 28.4 Å². The Hall–Kier alpha value is -2.22. The molecule has 0 atom stereocenters. The van der Waals surface area contributed by atoms with Crippen molar-refractivity contribution in [2.24, 2.45) is 0 Å². The molecule has 8 heteroatoms. The first-order chi connectivity index (χ1) is 10.9. The molecular formula is C15H20N6OS. The van der Waals surface area contributed by atoms with Crippen LogP contribution in [0.15, 0.2) is 22.6 Å². The monoisotopic (exact) mass is 332 g/mol. The highest BCUT2D eigenvalue weighted by molar-refractivity contribution is 7.09. The normalized spacial score (nSPS) is 12.0. The van der Waals surface area contributed by atoms with E-state index in [2.05, 4.69) is 20.1 Å². The molecule has 3 heterocycles. The molecule has 1 N–H and O–H groups in total. The number of hydrogen-bond donors (Lipinski definition) is 1. The molecular weight excluding hydrogens is 312 g/mol. The molecule has 3 aromatic rings. The lowest BCUT2D eigenvalue weighted by Crippen LogP contribution is -2.27. The predicted octanol–water partition coefficient (Wildman–Crippen LogP) is 2.01. The number of thiazole rings is 1. The summed E-state index contributed by atoms with van der Waals surface area (Å²) in [5.41, 5.74) is 0.207. The summed E-state index contributed by atoms with van der Waals surface area (Å²) in [5.74, 6) is 0.546. The third kappa shape index (κ3) is 3.12. The Bertz CT molecular complexity index is 858. The van der Waals surface area contributed by atoms with Crippen molar-refractivity contribution in [2.75, 3.05) is 18.5 Å². The van der Waals surface area contributed by atoms with Crippen LogP contribution in [0.1, 0.15) is 25.8 Å². The second-order valence-electron chi connectivity index (χ2n) is 6.45. The molecule has 0 aliphatic carbocycles. The molecule has 0 aromatic carbocycles. The summed E-state index contributed by atoms with van der Waals surface area (Å²) in [6.07, 6.45) is 4.19. The Balaban J connectivity index is 1.93. The second-order valence-corrected chi connectivity index (χ2v) is 7.43. The average Bonchev–Trinajstić information content (AvgIpc) is 3.13. The highest BCUT2D eigenvalue weighted by Gasteiger charge is 2.20. The number of rotatable bonds is 4. The molecule has 0 aliphatic heterocycles. The lowest BCUT2D eigenvalue weighted by molar-refractivity contribution is 0.366. The maximum atomic E-state index is 12.3. The van der Waals surface area contributed by atoms with Crippen molar-refractivity contribution in [3.05, 3.63) is 33.1 Å². The maximum absolute atomic E-state index is 12.3. The van der Waals surface area contributed by atoms with Crippen molar-refractivity contribution in [1.82, 2.24) is 24.7 Å². The molecule has 3 aromatic heterocycles. The van der Waals surface area contributed by atoms with Crippen LogP contribution in [-0.2, 0) is 12.0 Å². The number of nitrogens with zero attached hydrogens (tertiary/aromatic N) is 5. The van der Waals surface area contributed by atoms with Crippen LogP contribution in [0.2, 0.25) is 0 Å². The summed E-state index contributed by atoms with van der Waals surface area (Å²) in [5, 5.41) is 7.86. The molecule has 0 fully saturated rings. The lowest BCUT2D eigenvalue weighted by atomic mass is 10.1. The van der Waals surface area contributed by atoms with E-state index in [0.717, 1.165) is 18.0 Å². The van der Waals surface area contributed by atoms with E-state index in [0.29, 0.717) is 17.0 Å². The van der Waals surface area contributed by atoms with Crippen molar-refractivity contribution < 1.29 is 0 Å². The fraction of sp³-hybridized carbons (Fsp3) is 0.467. The molecule has 0 saturated heterocycles. The molecule has 0 bridgehead atoms. The highest BCUT2D eigenvalue weighted by Crippen LogP contribution is 2.19. The minimum Gasteiger partial charge on any atom is -0.345 e. The van der Waals surface area contributed by atoms with Crippen LogP contribution >= 0.6 is 11.3 Å². The van der Waals surface area contributed by atoms with Crippen LogP contribution in [0.3, 0.4) is 0 Å². The van der Waals surface area contributed by atoms with Gasteiger partial charge in [0.25, 0.3) is 5.56 Å². The number of anilines is 1. The van der Waals surface area contributed by atoms with Gasteiger partial charge < -0.3 is 4.90 Å². The molecule has 0 spiro atoms. The van der Waals surface area contributed by atoms with E-state index >= 15 is 0 Å². The van der Waals surface area contributed by atoms with E-state index in [1.807, 2.05) is 38.1 Å². The number of likely N-dealkylation sites (N-methyl/N-ethyl adjacent to an activating group) is 1. The van der Waals surface area contributed by atoms with Crippen LogP contribution in [-0.4, -0.2) is 38.3 Å². The van der Waals surface area contributed by atoms with Crippen LogP contribution in [0.25, 0.3) is 11.0 Å². The smallest absolute Gasteiger partial charge is 0.263 e. The van der Waals surface area contributed by atoms with Gasteiger partial charge in [-0.2, -0.15) is 10.1 Å². The number of aromatic nitrogens is 5. The Labute approximate surface area is 138 Å². The van der Waals surface area contributed by atoms with E-state index in [4.69, 9.17) is 0 Å². The van der Waals surface area contributed by atoms with Gasteiger partial charge in [0.05, 0.1) is 16.7 Å². The van der Waals surface area contributed by atoms with Gasteiger partial charge in [-0.1, -0.05) is 0 Å². The van der Waals surface area contributed by atoms with E-state index in [9.17, 15) is 4.79 Å². The third-order valence-electron chi connectivity index (χ3n) is 3.57. The van der Waals surface area contributed by atoms with Crippen LogP contribution in [0.4, 0.5) is 5.95 Å². The highest BCUT2D eigenvalue weighted by atomic mass is 32.1. The summed E-state index contributed by atoms with van der Waals surface area (Å²) in [7, 11) is 1.91. The minimum atomic E-state index is -0.237. The zero-order chi connectivity index (χ0) is 16.6. The number of H-pyrrole nitrogens is 1. The first-order valence-electron chi connectivity index (χ1n) is 7.44. The predicted molar refractivity (Wildman–Crippen MR) is 92.2 cm³/mol. The van der Waals surface area contributed by atoms with Gasteiger partial charge in [-0.3, -0.25) is 9.78 Å². The Kier molecular flexibility index (Phi) is 3.93. The van der Waals surface area contributed by atoms with Gasteiger partial charge >= 0.3 is 0 Å². The first kappa shape index (κ1) is 15.7. The van der Waals surface area contributed by atoms with Gasteiger partial charge in [-0.25, -0.2) is 9.67 Å². The summed E-state index contributed by atoms with van der Waals surface area (Å²) < 4.78 is 1.79. The molecule has 23 heavy (non-hydrogen) atoms. The van der Waals surface area contributed by atoms with Crippen molar-refractivity contribution in [3.8, 4) is 0 Å². The topological polar surface area (TPSA) is 79.7 Å². The fourth-order valence-electron chi connectivity index (χ4n) is 2.32. The maximum Gasteiger partial charge on any atom is 0.263 e. The van der Waals surface area contributed by atoms with Gasteiger partial charge in [0.15, 0.2) is 5.65 Å². The fourth-order valence-corrected chi connectivity index (χ4v) is 2.93. The van der Waals surface area contributed by atoms with Crippen molar-refractivity contribution in [3.63, 3.8) is 0 Å². The second kappa shape index (κ2) is 5.77. The number of nitrogens with one attached hydrogen (secondary N) is 1. The van der Waals surface area contributed by atoms with Crippen molar-refractivity contribution in [2.45, 2.75) is 32.7 Å². The van der Waals surface area contributed by atoms with Gasteiger partial charge in [-0.15, -0.1) is 11.3 Å². The largest absolute Gasteiger partial charge is 0.345 e. The molecule has 3 rings (SSSR count). The molecule has 0 unspecified atom stereocenters. The SMILES string of the molecule is CN(CCc1nccs1)c1nc2c(cnn2C(C)(C)C)c(=O)[nH]1. The Morgan fingerprint density at radius 2 is 2.17 bits per heavy atom. The first-order valence-corrected chi connectivity index (χ1v) is 8.32. The molecule has 0 radical (unpaired) electrons. The third-order valence-corrected chi connectivity index (χ3v) is 4.41. The summed E-state index contributed by atoms with van der Waals surface area (Å²) >= 11 is 1.63. The molecule has 0 aliphatic rings. The van der Waals surface area contributed by atoms with Gasteiger partial charge in [0, 0.05) is 31.6 Å². The summed E-state index contributed by atoms with van der Waals surface area (Å²) in [4.78, 5) is 25.9. The molecule has 0 saturated carbocycles. The quantitative estimate of drug-likeness (QED) is 0.790. The van der Waals surface area contributed by atoms with E-state index < -0.39 is 0 Å². The van der Waals surface area contributed by atoms with Crippen molar-refractivity contribution in [1.29, 1.82) is 0 Å². The zero-order valence-corrected chi connectivity index (χ0v) is 14.5. The minimum absolute atomic E-state index is 0.165. The van der Waals surface area contributed by atoms with Gasteiger partial charge in [-0.05, 0) is 20.8 Å². The standard InChI is InChI=1S/C15H20N6OS/c1-15(2,3)21-12-10(9-17-21)13(22)19-14(18-12)20(4)7-5-11-16-6-8-23-11/h6,8-9H,5,7H2,1-4H3,(H,18,19,22). The van der Waals surface area contributed by atoms with Gasteiger partial charge in [0.1, 0.15) is 5.39 Å². The Morgan fingerprint density at radius 1 is 1.39 bits per heavy atom. The van der Waals surface area contributed by atoms with E-state index in [-0.39, 0.29) is 11.1 Å². The number of fused-ring (bicyclic) bond motifs is 1. The lowest BCUT2D eigenvalue weighted by Gasteiger charge is -2.21. The van der Waals surface area contributed by atoms with Crippen LogP contribution in [0.5, 0.6) is 0 Å². The summed E-state index contributed by atoms with van der Waals surface area (Å²) in [6, 6.07) is 0.